The van der Waals surface area contributed by atoms with Crippen molar-refractivity contribution < 1.29 is 19.5 Å². The number of hydrogen-bond donors (Lipinski definition) is 1. The molecule has 0 heterocycles. The zero-order valence-corrected chi connectivity index (χ0v) is 10.1. The quantitative estimate of drug-likeness (QED) is 0.493. The molecule has 0 radical (unpaired) electrons. The van der Waals surface area contributed by atoms with Crippen LogP contribution in [0.3, 0.4) is 0 Å². The molecule has 0 amide bonds. The van der Waals surface area contributed by atoms with Gasteiger partial charge in [-0.3, -0.25) is 0 Å². The summed E-state index contributed by atoms with van der Waals surface area (Å²) in [5.74, 6) is -0.746. The number of carbonyl (C=O) groups is 1. The van der Waals surface area contributed by atoms with Gasteiger partial charge in [0.2, 0.25) is 0 Å². The molecule has 1 aromatic carbocycles. The minimum absolute atomic E-state index is 0.0935. The smallest absolute Gasteiger partial charge is 0.342 e. The number of rotatable bonds is 4. The van der Waals surface area contributed by atoms with Crippen molar-refractivity contribution >= 4 is 11.7 Å². The number of oxime groups is 1. The van der Waals surface area contributed by atoms with Crippen LogP contribution in [0.4, 0.5) is 0 Å². The summed E-state index contributed by atoms with van der Waals surface area (Å²) in [6.45, 7) is 3.93. The average molecular weight is 237 g/mol. The Morgan fingerprint density at radius 3 is 2.76 bits per heavy atom. The molecule has 1 rings (SSSR count). The van der Waals surface area contributed by atoms with E-state index in [2.05, 4.69) is 9.89 Å². The molecule has 0 aliphatic heterocycles. The van der Waals surface area contributed by atoms with Crippen LogP contribution in [-0.4, -0.2) is 30.5 Å². The van der Waals surface area contributed by atoms with Crippen LogP contribution in [0.2, 0.25) is 0 Å². The molecule has 0 saturated carbocycles. The molecule has 0 saturated heterocycles. The molecule has 1 N–H and O–H groups in total. The topological polar surface area (TPSA) is 68.1 Å². The summed E-state index contributed by atoms with van der Waals surface area (Å²) in [5, 5.41) is 13.5. The highest BCUT2D eigenvalue weighted by Gasteiger charge is 2.18. The Kier molecular flexibility index (Phi) is 4.51. The lowest BCUT2D eigenvalue weighted by Crippen LogP contribution is -2.09. The molecule has 0 atom stereocenters. The third-order valence-electron chi connectivity index (χ3n) is 2.15. The molecule has 5 nitrogen and oxygen atoms in total. The maximum Gasteiger partial charge on any atom is 0.342 e. The summed E-state index contributed by atoms with van der Waals surface area (Å²) in [4.78, 5) is 16.5. The van der Waals surface area contributed by atoms with Crippen molar-refractivity contribution in [1.29, 1.82) is 0 Å². The van der Waals surface area contributed by atoms with Crippen molar-refractivity contribution in [3.63, 3.8) is 0 Å². The summed E-state index contributed by atoms with van der Waals surface area (Å²) >= 11 is 0. The molecule has 0 unspecified atom stereocenters. The summed E-state index contributed by atoms with van der Waals surface area (Å²) in [7, 11) is 1.26. The van der Waals surface area contributed by atoms with Crippen molar-refractivity contribution in [3.8, 4) is 5.75 Å². The Morgan fingerprint density at radius 1 is 1.47 bits per heavy atom. The van der Waals surface area contributed by atoms with E-state index in [1.54, 1.807) is 26.0 Å². The number of methoxy groups -OCH3 is 1. The zero-order chi connectivity index (χ0) is 12.8. The van der Waals surface area contributed by atoms with E-state index in [1.165, 1.54) is 13.2 Å². The number of esters is 1. The first-order valence-corrected chi connectivity index (χ1v) is 5.19. The maximum atomic E-state index is 11.6. The van der Waals surface area contributed by atoms with Crippen LogP contribution >= 0.6 is 0 Å². The molecule has 0 bridgehead atoms. The lowest BCUT2D eigenvalue weighted by Gasteiger charge is -2.08. The van der Waals surface area contributed by atoms with Crippen molar-refractivity contribution in [3.05, 3.63) is 29.3 Å². The van der Waals surface area contributed by atoms with Gasteiger partial charge in [-0.1, -0.05) is 17.3 Å². The predicted octanol–water partition coefficient (Wildman–Crippen LogP) is 1.94. The first kappa shape index (κ1) is 13.0. The fourth-order valence-corrected chi connectivity index (χ4v) is 1.37. The van der Waals surface area contributed by atoms with E-state index in [1.807, 2.05) is 0 Å². The summed E-state index contributed by atoms with van der Waals surface area (Å²) < 4.78 is 4.62. The predicted molar refractivity (Wildman–Crippen MR) is 63.3 cm³/mol. The fraction of sp³-hybridized carbons (Fsp3) is 0.333. The van der Waals surface area contributed by atoms with Gasteiger partial charge in [0, 0.05) is 5.56 Å². The van der Waals surface area contributed by atoms with Gasteiger partial charge in [0.15, 0.2) is 0 Å². The highest BCUT2D eigenvalue weighted by atomic mass is 16.6. The lowest BCUT2D eigenvalue weighted by atomic mass is 10.0. The summed E-state index contributed by atoms with van der Waals surface area (Å²) in [5.41, 5.74) is 1.09. The number of carbonyl (C=O) groups excluding carboxylic acids is 1. The van der Waals surface area contributed by atoms with Gasteiger partial charge in [0.25, 0.3) is 0 Å². The van der Waals surface area contributed by atoms with E-state index in [0.29, 0.717) is 17.9 Å². The Bertz CT molecular complexity index is 440. The van der Waals surface area contributed by atoms with Crippen LogP contribution in [0.15, 0.2) is 23.4 Å². The van der Waals surface area contributed by atoms with Crippen LogP contribution in [-0.2, 0) is 9.57 Å². The standard InChI is InChI=1S/C12H15NO4/c1-4-17-13-8(2)9-6-5-7-10(14)11(9)12(15)16-3/h5-7,14H,4H2,1-3H3. The number of benzene rings is 1. The molecule has 0 spiro atoms. The highest BCUT2D eigenvalue weighted by molar-refractivity contribution is 6.09. The highest BCUT2D eigenvalue weighted by Crippen LogP contribution is 2.22. The minimum atomic E-state index is -0.607. The van der Waals surface area contributed by atoms with E-state index in [9.17, 15) is 9.90 Å². The van der Waals surface area contributed by atoms with Crippen molar-refractivity contribution in [2.45, 2.75) is 13.8 Å². The molecule has 92 valence electrons. The largest absolute Gasteiger partial charge is 0.507 e. The van der Waals surface area contributed by atoms with Crippen LogP contribution in [0.5, 0.6) is 5.75 Å². The van der Waals surface area contributed by atoms with Gasteiger partial charge in [0.05, 0.1) is 12.8 Å². The van der Waals surface area contributed by atoms with E-state index in [4.69, 9.17) is 4.84 Å². The van der Waals surface area contributed by atoms with Crippen LogP contribution in [0, 0.1) is 0 Å². The third kappa shape index (κ3) is 2.96. The van der Waals surface area contributed by atoms with Gasteiger partial charge in [-0.2, -0.15) is 0 Å². The number of hydrogen-bond acceptors (Lipinski definition) is 5. The fourth-order valence-electron chi connectivity index (χ4n) is 1.37. The normalized spacial score (nSPS) is 11.1. The molecular weight excluding hydrogens is 222 g/mol. The monoisotopic (exact) mass is 237 g/mol. The van der Waals surface area contributed by atoms with Crippen molar-refractivity contribution in [2.75, 3.05) is 13.7 Å². The number of phenolic OH excluding ortho intramolecular Hbond substituents is 1. The van der Waals surface area contributed by atoms with E-state index < -0.39 is 5.97 Å². The SMILES string of the molecule is CCON=C(C)c1cccc(O)c1C(=O)OC. The van der Waals surface area contributed by atoms with Gasteiger partial charge >= 0.3 is 5.97 Å². The van der Waals surface area contributed by atoms with E-state index in [-0.39, 0.29) is 11.3 Å². The first-order valence-electron chi connectivity index (χ1n) is 5.19. The average Bonchev–Trinajstić information content (AvgIpc) is 2.34. The van der Waals surface area contributed by atoms with Crippen molar-refractivity contribution in [2.24, 2.45) is 5.16 Å². The molecule has 0 aliphatic carbocycles. The lowest BCUT2D eigenvalue weighted by molar-refractivity contribution is 0.0597. The number of nitrogens with zero attached hydrogens (tertiary/aromatic N) is 1. The van der Waals surface area contributed by atoms with Crippen LogP contribution in [0.25, 0.3) is 0 Å². The molecule has 5 heteroatoms. The summed E-state index contributed by atoms with van der Waals surface area (Å²) in [6, 6.07) is 4.72. The number of ether oxygens (including phenoxy) is 1. The first-order chi connectivity index (χ1) is 8.11. The molecule has 0 fully saturated rings. The van der Waals surface area contributed by atoms with E-state index in [0.717, 1.165) is 0 Å². The van der Waals surface area contributed by atoms with Crippen molar-refractivity contribution in [1.82, 2.24) is 0 Å². The van der Waals surface area contributed by atoms with Gasteiger partial charge in [-0.15, -0.1) is 0 Å². The van der Waals surface area contributed by atoms with Crippen LogP contribution < -0.4 is 0 Å². The molecule has 1 aromatic rings. The van der Waals surface area contributed by atoms with Gasteiger partial charge in [-0.25, -0.2) is 4.79 Å². The summed E-state index contributed by atoms with van der Waals surface area (Å²) in [6.07, 6.45) is 0. The van der Waals surface area contributed by atoms with E-state index >= 15 is 0 Å². The molecule has 17 heavy (non-hydrogen) atoms. The van der Waals surface area contributed by atoms with Gasteiger partial charge in [-0.05, 0) is 19.9 Å². The second-order valence-electron chi connectivity index (χ2n) is 3.29. The second kappa shape index (κ2) is 5.89. The second-order valence-corrected chi connectivity index (χ2v) is 3.29. The van der Waals surface area contributed by atoms with Crippen LogP contribution in [0.1, 0.15) is 29.8 Å². The van der Waals surface area contributed by atoms with Gasteiger partial charge in [0.1, 0.15) is 17.9 Å². The molecule has 0 aliphatic rings. The third-order valence-corrected chi connectivity index (χ3v) is 2.15. The maximum absolute atomic E-state index is 11.6. The molecule has 0 aromatic heterocycles. The zero-order valence-electron chi connectivity index (χ0n) is 10.1. The van der Waals surface area contributed by atoms with Gasteiger partial charge < -0.3 is 14.7 Å². The Morgan fingerprint density at radius 2 is 2.18 bits per heavy atom. The molecular formula is C12H15NO4. The minimum Gasteiger partial charge on any atom is -0.507 e. The Balaban J connectivity index is 3.24. The number of aromatic hydroxyl groups is 1. The Labute approximate surface area is 99.7 Å². The number of phenols is 1. The Hall–Kier alpha value is -2.04.